The van der Waals surface area contributed by atoms with Gasteiger partial charge < -0.3 is 25.4 Å². The number of hydrogen-bond donors (Lipinski definition) is 3. The zero-order valence-electron chi connectivity index (χ0n) is 15.0. The normalized spacial score (nSPS) is 17.1. The van der Waals surface area contributed by atoms with E-state index in [1.807, 2.05) is 0 Å². The van der Waals surface area contributed by atoms with Crippen molar-refractivity contribution in [3.8, 4) is 11.5 Å². The van der Waals surface area contributed by atoms with Gasteiger partial charge in [-0.15, -0.1) is 0 Å². The van der Waals surface area contributed by atoms with E-state index >= 15 is 0 Å². The number of rotatable bonds is 5. The van der Waals surface area contributed by atoms with Crippen molar-refractivity contribution in [3.05, 3.63) is 18.2 Å². The summed E-state index contributed by atoms with van der Waals surface area (Å²) in [6.07, 6.45) is 6.72. The smallest absolute Gasteiger partial charge is 0.315 e. The number of carbonyl (C=O) groups is 2. The number of hydrogen-bond acceptors (Lipinski definition) is 4. The number of carbonyl (C=O) groups excluding carboxylic acids is 2. The summed E-state index contributed by atoms with van der Waals surface area (Å²) in [5.74, 6) is 1.18. The van der Waals surface area contributed by atoms with Crippen molar-refractivity contribution in [1.29, 1.82) is 0 Å². The van der Waals surface area contributed by atoms with Crippen LogP contribution in [-0.2, 0) is 4.79 Å². The average molecular weight is 361 g/mol. The Hall–Kier alpha value is -2.44. The van der Waals surface area contributed by atoms with Crippen molar-refractivity contribution in [3.63, 3.8) is 0 Å². The Bertz CT molecular complexity index is 629. The van der Waals surface area contributed by atoms with Gasteiger partial charge in [0.1, 0.15) is 0 Å². The molecule has 1 aliphatic heterocycles. The third kappa shape index (κ3) is 5.54. The van der Waals surface area contributed by atoms with Crippen molar-refractivity contribution < 1.29 is 19.1 Å². The van der Waals surface area contributed by atoms with Crippen LogP contribution < -0.4 is 25.4 Å². The van der Waals surface area contributed by atoms with Crippen molar-refractivity contribution in [1.82, 2.24) is 10.6 Å². The van der Waals surface area contributed by atoms with Crippen LogP contribution in [0.3, 0.4) is 0 Å². The van der Waals surface area contributed by atoms with Gasteiger partial charge in [0.2, 0.25) is 5.91 Å². The first-order valence-corrected chi connectivity index (χ1v) is 9.44. The van der Waals surface area contributed by atoms with Gasteiger partial charge >= 0.3 is 6.03 Å². The third-order valence-electron chi connectivity index (χ3n) is 4.61. The molecule has 3 amide bonds. The van der Waals surface area contributed by atoms with E-state index in [1.54, 1.807) is 18.2 Å². The Morgan fingerprint density at radius 1 is 1.00 bits per heavy atom. The molecule has 142 valence electrons. The molecule has 0 spiro atoms. The van der Waals surface area contributed by atoms with E-state index in [0.717, 1.165) is 19.3 Å². The Balaban J connectivity index is 1.38. The first-order chi connectivity index (χ1) is 12.7. The van der Waals surface area contributed by atoms with Crippen LogP contribution in [-0.4, -0.2) is 37.7 Å². The second kappa shape index (κ2) is 9.31. The SMILES string of the molecule is O=C(CCNC(=O)NC1CCCCC1)Nc1ccc2c(c1)OCCCO2. The molecule has 1 fully saturated rings. The molecule has 0 aromatic heterocycles. The number of anilines is 1. The lowest BCUT2D eigenvalue weighted by Crippen LogP contribution is -2.43. The summed E-state index contributed by atoms with van der Waals surface area (Å²) >= 11 is 0. The minimum Gasteiger partial charge on any atom is -0.490 e. The largest absolute Gasteiger partial charge is 0.490 e. The summed E-state index contributed by atoms with van der Waals surface area (Å²) in [6.45, 7) is 1.53. The molecule has 3 rings (SSSR count). The first-order valence-electron chi connectivity index (χ1n) is 9.44. The number of urea groups is 1. The lowest BCUT2D eigenvalue weighted by molar-refractivity contribution is -0.116. The molecular weight excluding hydrogens is 334 g/mol. The van der Waals surface area contributed by atoms with Crippen LogP contribution >= 0.6 is 0 Å². The van der Waals surface area contributed by atoms with Gasteiger partial charge in [0.15, 0.2) is 11.5 Å². The second-order valence-corrected chi connectivity index (χ2v) is 6.75. The van der Waals surface area contributed by atoms with Gasteiger partial charge in [-0.05, 0) is 25.0 Å². The molecule has 1 heterocycles. The van der Waals surface area contributed by atoms with Crippen molar-refractivity contribution in [2.75, 3.05) is 25.1 Å². The van der Waals surface area contributed by atoms with E-state index in [2.05, 4.69) is 16.0 Å². The zero-order chi connectivity index (χ0) is 18.2. The van der Waals surface area contributed by atoms with Gasteiger partial charge in [0.25, 0.3) is 0 Å². The minimum atomic E-state index is -0.194. The molecule has 7 heteroatoms. The molecule has 7 nitrogen and oxygen atoms in total. The van der Waals surface area contributed by atoms with Crippen molar-refractivity contribution in [2.45, 2.75) is 51.0 Å². The Morgan fingerprint density at radius 3 is 2.58 bits per heavy atom. The maximum absolute atomic E-state index is 12.1. The predicted molar refractivity (Wildman–Crippen MR) is 98.7 cm³/mol. The molecule has 1 aromatic carbocycles. The molecule has 2 aliphatic rings. The fourth-order valence-electron chi connectivity index (χ4n) is 3.24. The van der Waals surface area contributed by atoms with Gasteiger partial charge in [-0.2, -0.15) is 0 Å². The molecule has 0 bridgehead atoms. The molecule has 0 unspecified atom stereocenters. The monoisotopic (exact) mass is 361 g/mol. The molecule has 1 aromatic rings. The summed E-state index contributed by atoms with van der Waals surface area (Å²) in [6, 6.07) is 5.42. The standard InChI is InChI=1S/C19H27N3O4/c23-18(9-10-20-19(24)22-14-5-2-1-3-6-14)21-15-7-8-16-17(13-15)26-12-4-11-25-16/h7-8,13-14H,1-6,9-12H2,(H,21,23)(H2,20,22,24). The van der Waals surface area contributed by atoms with Crippen LogP contribution in [0.25, 0.3) is 0 Å². The summed E-state index contributed by atoms with van der Waals surface area (Å²) in [4.78, 5) is 23.9. The van der Waals surface area contributed by atoms with Crippen LogP contribution in [0.1, 0.15) is 44.9 Å². The molecule has 1 aliphatic carbocycles. The molecular formula is C19H27N3O4. The maximum atomic E-state index is 12.1. The van der Waals surface area contributed by atoms with Gasteiger partial charge in [-0.3, -0.25) is 4.79 Å². The topological polar surface area (TPSA) is 88.7 Å². The quantitative estimate of drug-likeness (QED) is 0.752. The fraction of sp³-hybridized carbons (Fsp3) is 0.579. The van der Waals surface area contributed by atoms with E-state index in [1.165, 1.54) is 19.3 Å². The molecule has 1 saturated carbocycles. The number of nitrogens with one attached hydrogen (secondary N) is 3. The van der Waals surface area contributed by atoms with Gasteiger partial charge in [0, 0.05) is 37.2 Å². The summed E-state index contributed by atoms with van der Waals surface area (Å²) in [5, 5.41) is 8.54. The van der Waals surface area contributed by atoms with Gasteiger partial charge in [-0.1, -0.05) is 19.3 Å². The van der Waals surface area contributed by atoms with Crippen molar-refractivity contribution >= 4 is 17.6 Å². The maximum Gasteiger partial charge on any atom is 0.315 e. The third-order valence-corrected chi connectivity index (χ3v) is 4.61. The average Bonchev–Trinajstić information content (AvgIpc) is 2.87. The minimum absolute atomic E-state index is 0.155. The molecule has 0 radical (unpaired) electrons. The van der Waals surface area contributed by atoms with Crippen LogP contribution in [0.2, 0.25) is 0 Å². The van der Waals surface area contributed by atoms with Crippen LogP contribution in [0.15, 0.2) is 18.2 Å². The molecule has 26 heavy (non-hydrogen) atoms. The highest BCUT2D eigenvalue weighted by molar-refractivity contribution is 5.91. The number of amides is 3. The highest BCUT2D eigenvalue weighted by Crippen LogP contribution is 2.32. The van der Waals surface area contributed by atoms with E-state index in [0.29, 0.717) is 36.9 Å². The highest BCUT2D eigenvalue weighted by atomic mass is 16.5. The second-order valence-electron chi connectivity index (χ2n) is 6.75. The van der Waals surface area contributed by atoms with Crippen molar-refractivity contribution in [2.24, 2.45) is 0 Å². The molecule has 3 N–H and O–H groups in total. The fourth-order valence-corrected chi connectivity index (χ4v) is 3.24. The van der Waals surface area contributed by atoms with Gasteiger partial charge in [-0.25, -0.2) is 4.79 Å². The van der Waals surface area contributed by atoms with Gasteiger partial charge in [0.05, 0.1) is 13.2 Å². The lowest BCUT2D eigenvalue weighted by atomic mass is 9.96. The lowest BCUT2D eigenvalue weighted by Gasteiger charge is -2.22. The number of ether oxygens (including phenoxy) is 2. The molecule has 0 saturated heterocycles. The number of benzene rings is 1. The molecule has 0 atom stereocenters. The summed E-state index contributed by atoms with van der Waals surface area (Å²) in [7, 11) is 0. The van der Waals surface area contributed by atoms with E-state index in [9.17, 15) is 9.59 Å². The zero-order valence-corrected chi connectivity index (χ0v) is 15.0. The van der Waals surface area contributed by atoms with Crippen LogP contribution in [0, 0.1) is 0 Å². The first kappa shape index (κ1) is 18.4. The Morgan fingerprint density at radius 2 is 1.77 bits per heavy atom. The Kier molecular flexibility index (Phi) is 6.57. The van der Waals surface area contributed by atoms with E-state index in [4.69, 9.17) is 9.47 Å². The van der Waals surface area contributed by atoms with E-state index < -0.39 is 0 Å². The predicted octanol–water partition coefficient (Wildman–Crippen LogP) is 2.81. The van der Waals surface area contributed by atoms with Crippen LogP contribution in [0.5, 0.6) is 11.5 Å². The summed E-state index contributed by atoms with van der Waals surface area (Å²) in [5.41, 5.74) is 0.658. The van der Waals surface area contributed by atoms with Crippen LogP contribution in [0.4, 0.5) is 10.5 Å². The summed E-state index contributed by atoms with van der Waals surface area (Å²) < 4.78 is 11.2. The van der Waals surface area contributed by atoms with E-state index in [-0.39, 0.29) is 24.4 Å². The highest BCUT2D eigenvalue weighted by Gasteiger charge is 2.16. The Labute approximate surface area is 153 Å². The number of fused-ring (bicyclic) bond motifs is 1.